The summed E-state index contributed by atoms with van der Waals surface area (Å²) in [6.07, 6.45) is 10.5. The average Bonchev–Trinajstić information content (AvgIpc) is 2.74. The van der Waals surface area contributed by atoms with Crippen LogP contribution in [0.15, 0.2) is 11.6 Å². The van der Waals surface area contributed by atoms with Gasteiger partial charge in [-0.3, -0.25) is 0 Å². The topological polar surface area (TPSA) is 21.3 Å². The monoisotopic (exact) mass is 195 g/mol. The fourth-order valence-electron chi connectivity index (χ4n) is 2.62. The molecule has 1 aliphatic heterocycles. The molecule has 14 heavy (non-hydrogen) atoms. The Bertz CT molecular complexity index is 206. The van der Waals surface area contributed by atoms with Crippen molar-refractivity contribution in [1.82, 2.24) is 5.32 Å². The maximum absolute atomic E-state index is 5.84. The van der Waals surface area contributed by atoms with Gasteiger partial charge < -0.3 is 10.1 Å². The molecule has 2 nitrogen and oxygen atoms in total. The Labute approximate surface area is 86.7 Å². The lowest BCUT2D eigenvalue weighted by Gasteiger charge is -2.31. The molecule has 0 aromatic rings. The zero-order valence-electron chi connectivity index (χ0n) is 9.09. The van der Waals surface area contributed by atoms with E-state index in [1.807, 2.05) is 0 Å². The molecule has 1 heterocycles. The molecule has 2 heteroatoms. The van der Waals surface area contributed by atoms with Crippen LogP contribution in [-0.4, -0.2) is 25.8 Å². The third-order valence-electron chi connectivity index (χ3n) is 3.37. The lowest BCUT2D eigenvalue weighted by atomic mass is 9.95. The van der Waals surface area contributed by atoms with E-state index in [0.29, 0.717) is 12.1 Å². The molecule has 1 fully saturated rings. The van der Waals surface area contributed by atoms with Crippen molar-refractivity contribution in [2.24, 2.45) is 0 Å². The third-order valence-corrected chi connectivity index (χ3v) is 3.37. The zero-order chi connectivity index (χ0) is 9.80. The number of hydrogen-bond donors (Lipinski definition) is 1. The smallest absolute Gasteiger partial charge is 0.0766 e. The second-order valence-corrected chi connectivity index (χ2v) is 4.34. The Morgan fingerprint density at radius 2 is 2.36 bits per heavy atom. The van der Waals surface area contributed by atoms with Gasteiger partial charge in [0.25, 0.3) is 0 Å². The van der Waals surface area contributed by atoms with E-state index in [2.05, 4.69) is 18.4 Å². The Morgan fingerprint density at radius 3 is 2.93 bits per heavy atom. The molecule has 2 aliphatic rings. The summed E-state index contributed by atoms with van der Waals surface area (Å²) in [7, 11) is 2.06. The van der Waals surface area contributed by atoms with Crippen molar-refractivity contribution in [3.05, 3.63) is 11.6 Å². The first-order valence-electron chi connectivity index (χ1n) is 5.89. The van der Waals surface area contributed by atoms with Crippen molar-refractivity contribution in [2.75, 3.05) is 13.7 Å². The fourth-order valence-corrected chi connectivity index (χ4v) is 2.62. The lowest BCUT2D eigenvalue weighted by molar-refractivity contribution is 0.00103. The molecule has 2 unspecified atom stereocenters. The maximum atomic E-state index is 5.84. The minimum atomic E-state index is 0.429. The normalized spacial score (nSPS) is 30.1. The second kappa shape index (κ2) is 4.94. The van der Waals surface area contributed by atoms with Crippen LogP contribution in [0.1, 0.15) is 38.5 Å². The van der Waals surface area contributed by atoms with E-state index in [1.54, 1.807) is 5.57 Å². The van der Waals surface area contributed by atoms with Crippen molar-refractivity contribution in [3.63, 3.8) is 0 Å². The van der Waals surface area contributed by atoms with Crippen LogP contribution < -0.4 is 5.32 Å². The van der Waals surface area contributed by atoms with Crippen LogP contribution in [0, 0.1) is 0 Å². The van der Waals surface area contributed by atoms with Crippen LogP contribution in [0.25, 0.3) is 0 Å². The Hall–Kier alpha value is -0.340. The van der Waals surface area contributed by atoms with Crippen LogP contribution in [0.5, 0.6) is 0 Å². The van der Waals surface area contributed by atoms with Crippen molar-refractivity contribution in [3.8, 4) is 0 Å². The van der Waals surface area contributed by atoms with Gasteiger partial charge in [-0.2, -0.15) is 0 Å². The number of rotatable bonds is 3. The van der Waals surface area contributed by atoms with Gasteiger partial charge in [0.2, 0.25) is 0 Å². The van der Waals surface area contributed by atoms with Gasteiger partial charge in [0.15, 0.2) is 0 Å². The molecule has 1 saturated heterocycles. The van der Waals surface area contributed by atoms with E-state index < -0.39 is 0 Å². The predicted octanol–water partition coefficient (Wildman–Crippen LogP) is 2.25. The molecule has 0 bridgehead atoms. The number of allylic oxidation sites excluding steroid dienone is 1. The molecule has 1 N–H and O–H groups in total. The van der Waals surface area contributed by atoms with E-state index in [4.69, 9.17) is 4.74 Å². The van der Waals surface area contributed by atoms with E-state index >= 15 is 0 Å². The summed E-state index contributed by atoms with van der Waals surface area (Å²) in [5.41, 5.74) is 1.58. The van der Waals surface area contributed by atoms with E-state index in [9.17, 15) is 0 Å². The Morgan fingerprint density at radius 1 is 1.43 bits per heavy atom. The molecule has 0 aromatic heterocycles. The summed E-state index contributed by atoms with van der Waals surface area (Å²) in [4.78, 5) is 0. The highest BCUT2D eigenvalue weighted by Gasteiger charge is 2.26. The molecule has 1 aliphatic carbocycles. The molecule has 0 spiro atoms. The van der Waals surface area contributed by atoms with Gasteiger partial charge in [-0.05, 0) is 45.6 Å². The molecule has 80 valence electrons. The van der Waals surface area contributed by atoms with Gasteiger partial charge in [-0.1, -0.05) is 11.6 Å². The molecular formula is C12H21NO. The Kier molecular flexibility index (Phi) is 3.60. The van der Waals surface area contributed by atoms with Gasteiger partial charge >= 0.3 is 0 Å². The maximum Gasteiger partial charge on any atom is 0.0766 e. The SMILES string of the molecule is CNC(C1=CCCC1)C1CCCCO1. The summed E-state index contributed by atoms with van der Waals surface area (Å²) in [5, 5.41) is 3.42. The molecule has 2 rings (SSSR count). The lowest BCUT2D eigenvalue weighted by Crippen LogP contribution is -2.42. The standard InChI is InChI=1S/C12H21NO/c1-13-12(10-6-2-3-7-10)11-8-4-5-9-14-11/h6,11-13H,2-5,7-9H2,1H3. The molecular weight excluding hydrogens is 174 g/mol. The highest BCUT2D eigenvalue weighted by molar-refractivity contribution is 5.17. The van der Waals surface area contributed by atoms with Gasteiger partial charge in [0.1, 0.15) is 0 Å². The van der Waals surface area contributed by atoms with E-state index in [-0.39, 0.29) is 0 Å². The van der Waals surface area contributed by atoms with Gasteiger partial charge in [-0.15, -0.1) is 0 Å². The first-order chi connectivity index (χ1) is 6.92. The minimum absolute atomic E-state index is 0.429. The highest BCUT2D eigenvalue weighted by Crippen LogP contribution is 2.27. The third kappa shape index (κ3) is 2.18. The number of ether oxygens (including phenoxy) is 1. The van der Waals surface area contributed by atoms with Crippen molar-refractivity contribution >= 4 is 0 Å². The van der Waals surface area contributed by atoms with Crippen molar-refractivity contribution in [2.45, 2.75) is 50.7 Å². The fraction of sp³-hybridized carbons (Fsp3) is 0.833. The molecule has 0 amide bonds. The number of hydrogen-bond acceptors (Lipinski definition) is 2. The Balaban J connectivity index is 1.96. The quantitative estimate of drug-likeness (QED) is 0.697. The molecule has 2 atom stereocenters. The number of nitrogens with one attached hydrogen (secondary N) is 1. The summed E-state index contributed by atoms with van der Waals surface area (Å²) >= 11 is 0. The minimum Gasteiger partial charge on any atom is -0.376 e. The second-order valence-electron chi connectivity index (χ2n) is 4.34. The molecule has 0 aromatic carbocycles. The summed E-state index contributed by atoms with van der Waals surface area (Å²) in [5.74, 6) is 0. The van der Waals surface area contributed by atoms with Crippen LogP contribution in [0.3, 0.4) is 0 Å². The van der Waals surface area contributed by atoms with Crippen molar-refractivity contribution < 1.29 is 4.74 Å². The van der Waals surface area contributed by atoms with E-state index in [0.717, 1.165) is 6.61 Å². The van der Waals surface area contributed by atoms with Gasteiger partial charge in [0.05, 0.1) is 12.1 Å². The van der Waals surface area contributed by atoms with Crippen LogP contribution in [-0.2, 0) is 4.74 Å². The summed E-state index contributed by atoms with van der Waals surface area (Å²) < 4.78 is 5.84. The van der Waals surface area contributed by atoms with Gasteiger partial charge in [0, 0.05) is 6.61 Å². The summed E-state index contributed by atoms with van der Waals surface area (Å²) in [6.45, 7) is 0.954. The van der Waals surface area contributed by atoms with Crippen LogP contribution in [0.4, 0.5) is 0 Å². The first kappa shape index (κ1) is 10.2. The van der Waals surface area contributed by atoms with Crippen LogP contribution >= 0.6 is 0 Å². The number of likely N-dealkylation sites (N-methyl/N-ethyl adjacent to an activating group) is 1. The van der Waals surface area contributed by atoms with Crippen molar-refractivity contribution in [1.29, 1.82) is 0 Å². The largest absolute Gasteiger partial charge is 0.376 e. The molecule has 0 saturated carbocycles. The first-order valence-corrected chi connectivity index (χ1v) is 5.89. The zero-order valence-corrected chi connectivity index (χ0v) is 9.09. The highest BCUT2D eigenvalue weighted by atomic mass is 16.5. The van der Waals surface area contributed by atoms with Crippen LogP contribution in [0.2, 0.25) is 0 Å². The average molecular weight is 195 g/mol. The van der Waals surface area contributed by atoms with Gasteiger partial charge in [-0.25, -0.2) is 0 Å². The molecule has 0 radical (unpaired) electrons. The van der Waals surface area contributed by atoms with E-state index in [1.165, 1.54) is 38.5 Å². The summed E-state index contributed by atoms with van der Waals surface area (Å²) in [6, 6.07) is 0.484. The predicted molar refractivity (Wildman–Crippen MR) is 58.4 cm³/mol.